The second-order valence-corrected chi connectivity index (χ2v) is 6.70. The first-order chi connectivity index (χ1) is 12.7. The normalized spacial score (nSPS) is 11.6. The predicted octanol–water partition coefficient (Wildman–Crippen LogP) is 5.21. The third kappa shape index (κ3) is 4.05. The van der Waals surface area contributed by atoms with E-state index in [0.29, 0.717) is 4.47 Å². The summed E-state index contributed by atoms with van der Waals surface area (Å²) in [5.41, 5.74) is -1.53. The van der Waals surface area contributed by atoms with Crippen molar-refractivity contribution in [2.75, 3.05) is 6.61 Å². The third-order valence-electron chi connectivity index (χ3n) is 3.70. The van der Waals surface area contributed by atoms with Gasteiger partial charge in [-0.15, -0.1) is 0 Å². The summed E-state index contributed by atoms with van der Waals surface area (Å²) in [6.45, 7) is 1.08. The molecule has 0 aliphatic rings. The molecule has 1 heterocycles. The van der Waals surface area contributed by atoms with E-state index in [9.17, 15) is 22.8 Å². The van der Waals surface area contributed by atoms with Crippen LogP contribution in [0.2, 0.25) is 0 Å². The molecule has 0 saturated heterocycles. The maximum atomic E-state index is 13.6. The molecule has 0 aliphatic carbocycles. The number of hydrogen-bond donors (Lipinski definition) is 0. The highest BCUT2D eigenvalue weighted by Gasteiger charge is 2.39. The van der Waals surface area contributed by atoms with Gasteiger partial charge in [-0.2, -0.15) is 13.2 Å². The summed E-state index contributed by atoms with van der Waals surface area (Å²) >= 11 is 3.21. The van der Waals surface area contributed by atoms with E-state index in [2.05, 4.69) is 15.9 Å². The molecule has 3 rings (SSSR count). The second-order valence-electron chi connectivity index (χ2n) is 5.79. The largest absolute Gasteiger partial charge is 0.486 e. The number of fused-ring (bicyclic) bond motifs is 1. The summed E-state index contributed by atoms with van der Waals surface area (Å²) in [6.07, 6.45) is -4.87. The minimum absolute atomic E-state index is 0.0175. The highest BCUT2D eigenvalue weighted by atomic mass is 79.9. The zero-order valence-electron chi connectivity index (χ0n) is 13.9. The summed E-state index contributed by atoms with van der Waals surface area (Å²) in [6, 6.07) is 9.78. The van der Waals surface area contributed by atoms with Crippen LogP contribution < -0.4 is 10.2 Å². The molecule has 140 valence electrons. The van der Waals surface area contributed by atoms with Gasteiger partial charge in [0, 0.05) is 10.5 Å². The summed E-state index contributed by atoms with van der Waals surface area (Å²) in [4.78, 5) is 23.8. The Labute approximate surface area is 159 Å². The lowest BCUT2D eigenvalue weighted by Crippen LogP contribution is -2.16. The number of carbonyl (C=O) groups is 1. The Morgan fingerprint density at radius 3 is 2.41 bits per heavy atom. The van der Waals surface area contributed by atoms with Crippen LogP contribution in [0.3, 0.4) is 0 Å². The van der Waals surface area contributed by atoms with E-state index in [-0.39, 0.29) is 34.7 Å². The average Bonchev–Trinajstić information content (AvgIpc) is 2.60. The fourth-order valence-corrected chi connectivity index (χ4v) is 2.79. The number of ketones is 1. The molecule has 8 heteroatoms. The number of Topliss-reactive ketones (excluding diaryl/α,β-unsaturated/α-hetero) is 1. The zero-order chi connectivity index (χ0) is 19.8. The quantitative estimate of drug-likeness (QED) is 0.558. The van der Waals surface area contributed by atoms with Gasteiger partial charge >= 0.3 is 6.18 Å². The lowest BCUT2D eigenvalue weighted by atomic mass is 10.0. The highest BCUT2D eigenvalue weighted by molar-refractivity contribution is 9.10. The van der Waals surface area contributed by atoms with Gasteiger partial charge in [0.05, 0.1) is 10.9 Å². The van der Waals surface area contributed by atoms with E-state index in [1.807, 2.05) is 0 Å². The van der Waals surface area contributed by atoms with E-state index in [0.717, 1.165) is 0 Å². The van der Waals surface area contributed by atoms with Gasteiger partial charge in [-0.05, 0) is 36.8 Å². The second kappa shape index (κ2) is 7.19. The van der Waals surface area contributed by atoms with Crippen LogP contribution in [0, 0.1) is 0 Å². The molecule has 0 aliphatic heterocycles. The van der Waals surface area contributed by atoms with Crippen LogP contribution >= 0.6 is 15.9 Å². The van der Waals surface area contributed by atoms with Crippen molar-refractivity contribution in [2.45, 2.75) is 13.1 Å². The Kier molecular flexibility index (Phi) is 5.10. The molecule has 4 nitrogen and oxygen atoms in total. The average molecular weight is 441 g/mol. The predicted molar refractivity (Wildman–Crippen MR) is 96.8 cm³/mol. The van der Waals surface area contributed by atoms with Crippen molar-refractivity contribution >= 4 is 32.7 Å². The fraction of sp³-hybridized carbons (Fsp3) is 0.158. The molecule has 0 spiro atoms. The van der Waals surface area contributed by atoms with Gasteiger partial charge < -0.3 is 9.15 Å². The van der Waals surface area contributed by atoms with Gasteiger partial charge in [-0.1, -0.05) is 28.1 Å². The fourth-order valence-electron chi connectivity index (χ4n) is 2.53. The SMILES string of the molecule is CC(=O)COc1ccc2c(=O)c(-c3ccc(Br)cc3)c(C(F)(F)F)oc2c1. The number of alkyl halides is 3. The Bertz CT molecular complexity index is 1070. The highest BCUT2D eigenvalue weighted by Crippen LogP contribution is 2.38. The number of hydrogen-bond acceptors (Lipinski definition) is 4. The Hall–Kier alpha value is -2.61. The van der Waals surface area contributed by atoms with Crippen molar-refractivity contribution in [1.29, 1.82) is 0 Å². The van der Waals surface area contributed by atoms with Crippen LogP contribution in [0.1, 0.15) is 12.7 Å². The van der Waals surface area contributed by atoms with Gasteiger partial charge in [0.15, 0.2) is 5.78 Å². The van der Waals surface area contributed by atoms with E-state index < -0.39 is 22.9 Å². The van der Waals surface area contributed by atoms with Crippen molar-refractivity contribution in [2.24, 2.45) is 0 Å². The van der Waals surface area contributed by atoms with Crippen LogP contribution in [0.25, 0.3) is 22.1 Å². The van der Waals surface area contributed by atoms with Gasteiger partial charge in [0.1, 0.15) is 17.9 Å². The van der Waals surface area contributed by atoms with E-state index in [4.69, 9.17) is 9.15 Å². The molecule has 2 aromatic carbocycles. The molecule has 0 radical (unpaired) electrons. The minimum Gasteiger partial charge on any atom is -0.486 e. The topological polar surface area (TPSA) is 56.5 Å². The lowest BCUT2D eigenvalue weighted by Gasteiger charge is -2.13. The monoisotopic (exact) mass is 440 g/mol. The number of carbonyl (C=O) groups excluding carboxylic acids is 1. The molecule has 0 saturated carbocycles. The lowest BCUT2D eigenvalue weighted by molar-refractivity contribution is -0.152. The molecule has 0 amide bonds. The molecule has 0 unspecified atom stereocenters. The van der Waals surface area contributed by atoms with Crippen LogP contribution in [0.15, 0.2) is 56.1 Å². The van der Waals surface area contributed by atoms with Crippen molar-refractivity contribution in [1.82, 2.24) is 0 Å². The number of halogens is 4. The standard InChI is InChI=1S/C19H12BrF3O4/c1-10(24)9-26-13-6-7-14-15(8-13)27-18(19(21,22)23)16(17(14)25)11-2-4-12(20)5-3-11/h2-8H,9H2,1H3. The van der Waals surface area contributed by atoms with Gasteiger partial charge in [0.25, 0.3) is 0 Å². The van der Waals surface area contributed by atoms with E-state index >= 15 is 0 Å². The Morgan fingerprint density at radius 2 is 1.81 bits per heavy atom. The first-order valence-electron chi connectivity index (χ1n) is 7.73. The summed E-state index contributed by atoms with van der Waals surface area (Å²) < 4.78 is 51.6. The maximum absolute atomic E-state index is 13.6. The van der Waals surface area contributed by atoms with E-state index in [1.54, 1.807) is 0 Å². The van der Waals surface area contributed by atoms with Crippen LogP contribution in [0.4, 0.5) is 13.2 Å². The first-order valence-corrected chi connectivity index (χ1v) is 8.52. The van der Waals surface area contributed by atoms with Crippen molar-refractivity contribution < 1.29 is 27.1 Å². The third-order valence-corrected chi connectivity index (χ3v) is 4.22. The summed E-state index contributed by atoms with van der Waals surface area (Å²) in [5.74, 6) is -1.51. The number of rotatable bonds is 4. The molecule has 0 bridgehead atoms. The van der Waals surface area contributed by atoms with Gasteiger partial charge in [0.2, 0.25) is 11.2 Å². The number of benzene rings is 2. The molecule has 0 fully saturated rings. The molecule has 1 aromatic heterocycles. The Balaban J connectivity index is 2.24. The molecular formula is C19H12BrF3O4. The van der Waals surface area contributed by atoms with Gasteiger partial charge in [-0.25, -0.2) is 0 Å². The zero-order valence-corrected chi connectivity index (χ0v) is 15.5. The molecule has 0 atom stereocenters. The van der Waals surface area contributed by atoms with E-state index in [1.165, 1.54) is 49.4 Å². The first kappa shape index (κ1) is 19.2. The van der Waals surface area contributed by atoms with Crippen LogP contribution in [-0.4, -0.2) is 12.4 Å². The minimum atomic E-state index is -4.87. The Morgan fingerprint density at radius 1 is 1.15 bits per heavy atom. The molecule has 3 aromatic rings. The summed E-state index contributed by atoms with van der Waals surface area (Å²) in [7, 11) is 0. The van der Waals surface area contributed by atoms with Crippen LogP contribution in [-0.2, 0) is 11.0 Å². The smallest absolute Gasteiger partial charge is 0.450 e. The van der Waals surface area contributed by atoms with Crippen molar-refractivity contribution in [3.63, 3.8) is 0 Å². The summed E-state index contributed by atoms with van der Waals surface area (Å²) in [5, 5.41) is -0.0175. The molecular weight excluding hydrogens is 429 g/mol. The van der Waals surface area contributed by atoms with Crippen molar-refractivity contribution in [3.05, 3.63) is 62.9 Å². The molecule has 0 N–H and O–H groups in total. The van der Waals surface area contributed by atoms with Crippen molar-refractivity contribution in [3.8, 4) is 16.9 Å². The van der Waals surface area contributed by atoms with Crippen LogP contribution in [0.5, 0.6) is 5.75 Å². The van der Waals surface area contributed by atoms with Gasteiger partial charge in [-0.3, -0.25) is 9.59 Å². The molecule has 27 heavy (non-hydrogen) atoms. The maximum Gasteiger partial charge on any atom is 0.450 e. The number of ether oxygens (including phenoxy) is 1.